The lowest BCUT2D eigenvalue weighted by Gasteiger charge is -2.31. The minimum Gasteiger partial charge on any atom is -0.490 e. The third-order valence-electron chi connectivity index (χ3n) is 3.08. The molecule has 1 heterocycles. The molecule has 1 fully saturated rings. The Balaban J connectivity index is 1.83. The molecule has 1 aliphatic heterocycles. The topological polar surface area (TPSA) is 38.5 Å². The second kappa shape index (κ2) is 5.73. The van der Waals surface area contributed by atoms with Gasteiger partial charge in [-0.1, -0.05) is 12.1 Å². The van der Waals surface area contributed by atoms with Gasteiger partial charge < -0.3 is 10.5 Å². The molecule has 1 aromatic carbocycles. The van der Waals surface area contributed by atoms with Gasteiger partial charge in [0.15, 0.2) is 0 Å². The van der Waals surface area contributed by atoms with Gasteiger partial charge in [0.1, 0.15) is 11.9 Å². The van der Waals surface area contributed by atoms with E-state index >= 15 is 0 Å². The summed E-state index contributed by atoms with van der Waals surface area (Å²) < 4.78 is 5.93. The van der Waals surface area contributed by atoms with Gasteiger partial charge in [-0.25, -0.2) is 0 Å². The smallest absolute Gasteiger partial charge is 0.121 e. The summed E-state index contributed by atoms with van der Waals surface area (Å²) in [5.41, 5.74) is 6.48. The Morgan fingerprint density at radius 3 is 2.82 bits per heavy atom. The quantitative estimate of drug-likeness (QED) is 0.639. The summed E-state index contributed by atoms with van der Waals surface area (Å²) in [6, 6.07) is 7.65. The van der Waals surface area contributed by atoms with Crippen LogP contribution in [-0.2, 0) is 0 Å². The van der Waals surface area contributed by atoms with Crippen LogP contribution in [0.5, 0.6) is 5.75 Å². The molecule has 0 bridgehead atoms. The number of piperidine rings is 1. The molecule has 0 aliphatic carbocycles. The molecular weight excluding hydrogens is 212 g/mol. The highest BCUT2D eigenvalue weighted by molar-refractivity contribution is 5.43. The monoisotopic (exact) mass is 232 g/mol. The van der Waals surface area contributed by atoms with Crippen molar-refractivity contribution < 1.29 is 4.74 Å². The van der Waals surface area contributed by atoms with Crippen LogP contribution in [0.1, 0.15) is 12.8 Å². The van der Waals surface area contributed by atoms with Gasteiger partial charge in [-0.05, 0) is 25.0 Å². The maximum atomic E-state index is 5.93. The maximum absolute atomic E-state index is 5.93. The molecule has 0 aromatic heterocycles. The number of hydrogen-bond acceptors (Lipinski definition) is 3. The first-order chi connectivity index (χ1) is 8.28. The molecule has 3 nitrogen and oxygen atoms in total. The molecule has 0 spiro atoms. The van der Waals surface area contributed by atoms with Crippen LogP contribution in [0.2, 0.25) is 0 Å². The highest BCUT2D eigenvalue weighted by Gasteiger charge is 2.19. The number of likely N-dealkylation sites (tertiary alicyclic amines) is 1. The van der Waals surface area contributed by atoms with Gasteiger partial charge in [-0.2, -0.15) is 0 Å². The number of anilines is 1. The van der Waals surface area contributed by atoms with Crippen molar-refractivity contribution in [2.75, 3.05) is 25.4 Å². The molecule has 92 valence electrons. The first-order valence-corrected chi connectivity index (χ1v) is 6.13. The Morgan fingerprint density at radius 1 is 1.41 bits per heavy atom. The van der Waals surface area contributed by atoms with Crippen molar-refractivity contribution in [1.29, 1.82) is 0 Å². The molecule has 0 amide bonds. The lowest BCUT2D eigenvalue weighted by atomic mass is 10.1. The largest absolute Gasteiger partial charge is 0.490 e. The molecular formula is C14H20N2O. The van der Waals surface area contributed by atoms with Gasteiger partial charge in [-0.15, -0.1) is 6.58 Å². The van der Waals surface area contributed by atoms with Crippen LogP contribution in [0, 0.1) is 0 Å². The van der Waals surface area contributed by atoms with Crippen LogP contribution in [0.15, 0.2) is 36.9 Å². The van der Waals surface area contributed by atoms with E-state index < -0.39 is 0 Å². The van der Waals surface area contributed by atoms with Crippen LogP contribution in [0.25, 0.3) is 0 Å². The summed E-state index contributed by atoms with van der Waals surface area (Å²) in [5, 5.41) is 0. The predicted octanol–water partition coefficient (Wildman–Crippen LogP) is 2.30. The third kappa shape index (κ3) is 3.49. The summed E-state index contributed by atoms with van der Waals surface area (Å²) in [4.78, 5) is 2.40. The Kier molecular flexibility index (Phi) is 4.04. The Labute approximate surface area is 103 Å². The summed E-state index contributed by atoms with van der Waals surface area (Å²) in [6.45, 7) is 6.91. The standard InChI is InChI=1S/C14H20N2O/c1-2-8-16-9-6-13(7-10-16)17-14-5-3-4-12(15)11-14/h2-5,11,13H,1,6-10,15H2. The number of nitrogens with two attached hydrogens (primary N) is 1. The van der Waals surface area contributed by atoms with Crippen molar-refractivity contribution in [2.45, 2.75) is 18.9 Å². The molecule has 0 atom stereocenters. The van der Waals surface area contributed by atoms with Gasteiger partial charge in [0.2, 0.25) is 0 Å². The zero-order valence-electron chi connectivity index (χ0n) is 10.1. The number of nitrogen functional groups attached to an aromatic ring is 1. The zero-order valence-corrected chi connectivity index (χ0v) is 10.1. The SMILES string of the molecule is C=CCN1CCC(Oc2cccc(N)c2)CC1. The first kappa shape index (κ1) is 12.0. The van der Waals surface area contributed by atoms with Gasteiger partial charge in [0.25, 0.3) is 0 Å². The average Bonchev–Trinajstić information content (AvgIpc) is 2.32. The Bertz CT molecular complexity index is 370. The minimum absolute atomic E-state index is 0.317. The molecule has 1 aliphatic rings. The van der Waals surface area contributed by atoms with E-state index in [-0.39, 0.29) is 0 Å². The van der Waals surface area contributed by atoms with Crippen LogP contribution in [-0.4, -0.2) is 30.6 Å². The van der Waals surface area contributed by atoms with Crippen molar-refractivity contribution in [1.82, 2.24) is 4.90 Å². The molecule has 0 unspecified atom stereocenters. The average molecular weight is 232 g/mol. The van der Waals surface area contributed by atoms with Crippen LogP contribution >= 0.6 is 0 Å². The Morgan fingerprint density at radius 2 is 2.18 bits per heavy atom. The van der Waals surface area contributed by atoms with Crippen molar-refractivity contribution in [3.05, 3.63) is 36.9 Å². The maximum Gasteiger partial charge on any atom is 0.121 e. The summed E-state index contributed by atoms with van der Waals surface area (Å²) in [7, 11) is 0. The predicted molar refractivity (Wildman–Crippen MR) is 71.1 cm³/mol. The molecule has 1 aromatic rings. The van der Waals surface area contributed by atoms with Crippen molar-refractivity contribution in [3.63, 3.8) is 0 Å². The molecule has 3 heteroatoms. The summed E-state index contributed by atoms with van der Waals surface area (Å²) in [6.07, 6.45) is 4.42. The van der Waals surface area contributed by atoms with Gasteiger partial charge >= 0.3 is 0 Å². The van der Waals surface area contributed by atoms with Crippen molar-refractivity contribution in [2.24, 2.45) is 0 Å². The van der Waals surface area contributed by atoms with Gasteiger partial charge in [-0.3, -0.25) is 4.90 Å². The van der Waals surface area contributed by atoms with E-state index in [1.807, 2.05) is 30.3 Å². The second-order valence-corrected chi connectivity index (χ2v) is 4.48. The van der Waals surface area contributed by atoms with Crippen molar-refractivity contribution >= 4 is 5.69 Å². The number of hydrogen-bond donors (Lipinski definition) is 1. The van der Waals surface area contributed by atoms with E-state index in [1.54, 1.807) is 0 Å². The number of ether oxygens (including phenoxy) is 1. The fraction of sp³-hybridized carbons (Fsp3) is 0.429. The van der Waals surface area contributed by atoms with Gasteiger partial charge in [0.05, 0.1) is 0 Å². The van der Waals surface area contributed by atoms with E-state index in [9.17, 15) is 0 Å². The van der Waals surface area contributed by atoms with Crippen LogP contribution in [0.3, 0.4) is 0 Å². The Hall–Kier alpha value is -1.48. The van der Waals surface area contributed by atoms with Crippen LogP contribution in [0.4, 0.5) is 5.69 Å². The van der Waals surface area contributed by atoms with E-state index in [0.717, 1.165) is 43.9 Å². The first-order valence-electron chi connectivity index (χ1n) is 6.13. The highest BCUT2D eigenvalue weighted by atomic mass is 16.5. The lowest BCUT2D eigenvalue weighted by molar-refractivity contribution is 0.107. The zero-order chi connectivity index (χ0) is 12.1. The van der Waals surface area contributed by atoms with E-state index in [4.69, 9.17) is 10.5 Å². The number of benzene rings is 1. The fourth-order valence-electron chi connectivity index (χ4n) is 2.17. The molecule has 2 N–H and O–H groups in total. The minimum atomic E-state index is 0.317. The van der Waals surface area contributed by atoms with E-state index in [0.29, 0.717) is 6.10 Å². The number of rotatable bonds is 4. The van der Waals surface area contributed by atoms with Gasteiger partial charge in [0, 0.05) is 31.4 Å². The second-order valence-electron chi connectivity index (χ2n) is 4.48. The van der Waals surface area contributed by atoms with E-state index in [2.05, 4.69) is 11.5 Å². The summed E-state index contributed by atoms with van der Waals surface area (Å²) >= 11 is 0. The molecule has 17 heavy (non-hydrogen) atoms. The third-order valence-corrected chi connectivity index (χ3v) is 3.08. The highest BCUT2D eigenvalue weighted by Crippen LogP contribution is 2.20. The molecule has 0 saturated carbocycles. The molecule has 0 radical (unpaired) electrons. The molecule has 2 rings (SSSR count). The van der Waals surface area contributed by atoms with Crippen molar-refractivity contribution in [3.8, 4) is 5.75 Å². The molecule has 1 saturated heterocycles. The van der Waals surface area contributed by atoms with E-state index in [1.165, 1.54) is 0 Å². The van der Waals surface area contributed by atoms with Crippen LogP contribution < -0.4 is 10.5 Å². The normalized spacial score (nSPS) is 17.9. The summed E-state index contributed by atoms with van der Waals surface area (Å²) in [5.74, 6) is 0.882. The lowest BCUT2D eigenvalue weighted by Crippen LogP contribution is -2.38. The number of nitrogens with zero attached hydrogens (tertiary/aromatic N) is 1. The fourth-order valence-corrected chi connectivity index (χ4v) is 2.17.